The molecule has 2 aromatic heterocycles. The van der Waals surface area contributed by atoms with Gasteiger partial charge in [0.05, 0.1) is 17.0 Å². The Kier molecular flexibility index (Phi) is 7.33. The third kappa shape index (κ3) is 6.50. The fourth-order valence-corrected chi connectivity index (χ4v) is 5.33. The Balaban J connectivity index is 1.45. The number of nitrogens with two attached hydrogens (primary N) is 1. The number of hydrogen-bond acceptors (Lipinski definition) is 9. The van der Waals surface area contributed by atoms with Crippen molar-refractivity contribution in [3.8, 4) is 11.8 Å². The van der Waals surface area contributed by atoms with Crippen LogP contribution in [-0.4, -0.2) is 41.9 Å². The lowest BCUT2D eigenvalue weighted by Gasteiger charge is -2.15. The number of ketones is 1. The summed E-state index contributed by atoms with van der Waals surface area (Å²) in [5, 5.41) is 18.5. The molecule has 12 heteroatoms. The van der Waals surface area contributed by atoms with E-state index in [2.05, 4.69) is 27.1 Å². The highest BCUT2D eigenvalue weighted by atomic mass is 35.5. The number of aromatic nitrogens is 2. The van der Waals surface area contributed by atoms with Crippen LogP contribution in [0.25, 0.3) is 0 Å². The number of carbonyl (C=O) groups is 1. The average molecular weight is 511 g/mol. The second kappa shape index (κ2) is 10.0. The topological polar surface area (TPSA) is 144 Å². The maximum atomic E-state index is 13.2. The summed E-state index contributed by atoms with van der Waals surface area (Å²) in [5.74, 6) is 6.24. The van der Waals surface area contributed by atoms with E-state index in [9.17, 15) is 18.3 Å². The van der Waals surface area contributed by atoms with Gasteiger partial charge in [-0.2, -0.15) is 8.42 Å². The molecule has 4 N–H and O–H groups in total. The Hall–Kier alpha value is -2.07. The number of aliphatic hydroxyl groups is 1. The Morgan fingerprint density at radius 1 is 1.39 bits per heavy atom. The van der Waals surface area contributed by atoms with Crippen LogP contribution in [0.2, 0.25) is 4.34 Å². The van der Waals surface area contributed by atoms with Gasteiger partial charge in [-0.05, 0) is 44.1 Å². The van der Waals surface area contributed by atoms with Crippen molar-refractivity contribution >= 4 is 44.8 Å². The third-order valence-electron chi connectivity index (χ3n) is 5.54. The van der Waals surface area contributed by atoms with Crippen molar-refractivity contribution < 1.29 is 22.5 Å². The van der Waals surface area contributed by atoms with E-state index in [1.807, 2.05) is 0 Å². The molecule has 2 fully saturated rings. The molecule has 0 bridgehead atoms. The largest absolute Gasteiger partial charge is 0.376 e. The molecule has 2 aliphatic rings. The van der Waals surface area contributed by atoms with Gasteiger partial charge in [-0.15, -0.1) is 11.3 Å². The van der Waals surface area contributed by atoms with Crippen molar-refractivity contribution in [2.24, 2.45) is 17.0 Å². The first-order valence-corrected chi connectivity index (χ1v) is 13.1. The van der Waals surface area contributed by atoms with E-state index in [4.69, 9.17) is 20.9 Å². The van der Waals surface area contributed by atoms with E-state index in [1.165, 1.54) is 12.5 Å². The first kappa shape index (κ1) is 24.1. The van der Waals surface area contributed by atoms with Crippen molar-refractivity contribution in [3.05, 3.63) is 38.9 Å². The van der Waals surface area contributed by atoms with Crippen molar-refractivity contribution in [2.75, 3.05) is 11.9 Å². The minimum Gasteiger partial charge on any atom is -0.376 e. The number of aliphatic hydroxyl groups excluding tert-OH is 1. The number of anilines is 1. The van der Waals surface area contributed by atoms with Crippen LogP contribution >= 0.6 is 22.9 Å². The minimum absolute atomic E-state index is 0.0115. The molecule has 0 saturated heterocycles. The smallest absolute Gasteiger partial charge is 0.333 e. The quantitative estimate of drug-likeness (QED) is 0.363. The molecular formula is C21H23ClN4O5S2. The number of hydrogen-bond donors (Lipinski definition) is 3. The highest BCUT2D eigenvalue weighted by Crippen LogP contribution is 2.35. The number of halogens is 1. The van der Waals surface area contributed by atoms with Crippen molar-refractivity contribution in [1.82, 2.24) is 9.97 Å². The molecule has 33 heavy (non-hydrogen) atoms. The van der Waals surface area contributed by atoms with E-state index >= 15 is 0 Å². The standard InChI is InChI=1S/C21H23ClN4O5S2/c22-20-15(17(27)6-4-12-1-2-12)8-18(32-20)19(28)16-9-24-11-25-21(16)26-14-5-3-13(7-14)10-31-33(23,29)30/h8-9,11-14,17,27H,1-3,5,7,10H2,(H2,23,29,30)(H,24,25,26)/t13?,14-,17?/m0/s1. The summed E-state index contributed by atoms with van der Waals surface area (Å²) in [4.78, 5) is 21.8. The van der Waals surface area contributed by atoms with Gasteiger partial charge >= 0.3 is 10.3 Å². The van der Waals surface area contributed by atoms with Crippen LogP contribution in [0.3, 0.4) is 0 Å². The fraction of sp³-hybridized carbons (Fsp3) is 0.476. The van der Waals surface area contributed by atoms with Crippen LogP contribution < -0.4 is 10.5 Å². The number of rotatable bonds is 8. The summed E-state index contributed by atoms with van der Waals surface area (Å²) in [6.07, 6.45) is 5.99. The molecule has 4 rings (SSSR count). The molecule has 9 nitrogen and oxygen atoms in total. The Labute approximate surface area is 201 Å². The maximum Gasteiger partial charge on any atom is 0.333 e. The van der Waals surface area contributed by atoms with Gasteiger partial charge in [0.1, 0.15) is 22.6 Å². The Morgan fingerprint density at radius 3 is 2.91 bits per heavy atom. The highest BCUT2D eigenvalue weighted by molar-refractivity contribution is 7.84. The van der Waals surface area contributed by atoms with Crippen LogP contribution in [0.5, 0.6) is 0 Å². The SMILES string of the molecule is NS(=O)(=O)OCC1CC[C@H](Nc2ncncc2C(=O)c2cc(C(O)C#CC3CC3)c(Cl)s2)C1. The normalized spacial score (nSPS) is 21.3. The lowest BCUT2D eigenvalue weighted by Crippen LogP contribution is -2.22. The second-order valence-electron chi connectivity index (χ2n) is 8.22. The van der Waals surface area contributed by atoms with Gasteiger partial charge in [-0.25, -0.2) is 15.1 Å². The molecule has 0 amide bonds. The molecule has 3 atom stereocenters. The van der Waals surface area contributed by atoms with E-state index in [0.29, 0.717) is 32.9 Å². The van der Waals surface area contributed by atoms with Gasteiger partial charge in [0.15, 0.2) is 0 Å². The van der Waals surface area contributed by atoms with Crippen molar-refractivity contribution in [1.29, 1.82) is 0 Å². The predicted octanol–water partition coefficient (Wildman–Crippen LogP) is 2.67. The zero-order valence-corrected chi connectivity index (χ0v) is 19.9. The monoisotopic (exact) mass is 510 g/mol. The number of thiophene rings is 1. The van der Waals surface area contributed by atoms with Crippen LogP contribution in [0.4, 0.5) is 5.82 Å². The van der Waals surface area contributed by atoms with Crippen LogP contribution in [0, 0.1) is 23.7 Å². The third-order valence-corrected chi connectivity index (χ3v) is 7.39. The van der Waals surface area contributed by atoms with Gasteiger partial charge in [-0.1, -0.05) is 23.4 Å². The summed E-state index contributed by atoms with van der Waals surface area (Å²) in [7, 11) is -3.97. The summed E-state index contributed by atoms with van der Waals surface area (Å²) in [6, 6.07) is 1.55. The molecule has 0 aromatic carbocycles. The molecule has 2 aromatic rings. The average Bonchev–Trinajstić information content (AvgIpc) is 3.36. The predicted molar refractivity (Wildman–Crippen MR) is 124 cm³/mol. The van der Waals surface area contributed by atoms with Gasteiger partial charge in [0.2, 0.25) is 5.78 Å². The highest BCUT2D eigenvalue weighted by Gasteiger charge is 2.28. The van der Waals surface area contributed by atoms with Gasteiger partial charge in [0, 0.05) is 23.7 Å². The number of nitrogens with one attached hydrogen (secondary N) is 1. The minimum atomic E-state index is -3.97. The maximum absolute atomic E-state index is 13.2. The van der Waals surface area contributed by atoms with E-state index in [1.54, 1.807) is 6.07 Å². The van der Waals surface area contributed by atoms with Gasteiger partial charge in [-0.3, -0.25) is 8.98 Å². The Bertz CT molecular complexity index is 1200. The zero-order valence-electron chi connectivity index (χ0n) is 17.5. The molecule has 2 saturated carbocycles. The summed E-state index contributed by atoms with van der Waals surface area (Å²) >= 11 is 7.36. The molecule has 176 valence electrons. The van der Waals surface area contributed by atoms with Crippen molar-refractivity contribution in [3.63, 3.8) is 0 Å². The van der Waals surface area contributed by atoms with E-state index < -0.39 is 16.4 Å². The molecule has 2 heterocycles. The van der Waals surface area contributed by atoms with Crippen LogP contribution in [-0.2, 0) is 14.5 Å². The molecule has 2 unspecified atom stereocenters. The number of nitrogens with zero attached hydrogens (tertiary/aromatic N) is 2. The summed E-state index contributed by atoms with van der Waals surface area (Å²) in [6.45, 7) is 0.0228. The fourth-order valence-electron chi connectivity index (χ4n) is 3.67. The van der Waals surface area contributed by atoms with Crippen LogP contribution in [0.1, 0.15) is 59.0 Å². The van der Waals surface area contributed by atoms with Gasteiger partial charge < -0.3 is 10.4 Å². The lowest BCUT2D eigenvalue weighted by atomic mass is 10.1. The molecular weight excluding hydrogens is 488 g/mol. The molecule has 0 radical (unpaired) electrons. The molecule has 2 aliphatic carbocycles. The first-order valence-electron chi connectivity index (χ1n) is 10.5. The first-order chi connectivity index (χ1) is 15.7. The lowest BCUT2D eigenvalue weighted by molar-refractivity contribution is 0.104. The molecule has 0 spiro atoms. The molecule has 0 aliphatic heterocycles. The van der Waals surface area contributed by atoms with Crippen molar-refractivity contribution in [2.45, 2.75) is 44.2 Å². The zero-order chi connectivity index (χ0) is 23.6. The Morgan fingerprint density at radius 2 is 2.18 bits per heavy atom. The summed E-state index contributed by atoms with van der Waals surface area (Å²) < 4.78 is 27.0. The second-order valence-corrected chi connectivity index (χ2v) is 11.1. The number of carbonyl (C=O) groups excluding carboxylic acids is 1. The van der Waals surface area contributed by atoms with Gasteiger partial charge in [0.25, 0.3) is 0 Å². The van der Waals surface area contributed by atoms with Crippen LogP contribution in [0.15, 0.2) is 18.6 Å². The summed E-state index contributed by atoms with van der Waals surface area (Å²) in [5.41, 5.74) is 0.697. The van der Waals surface area contributed by atoms with E-state index in [-0.39, 0.29) is 29.9 Å². The van der Waals surface area contributed by atoms with E-state index in [0.717, 1.165) is 37.0 Å².